The topological polar surface area (TPSA) is 46.5 Å². The Morgan fingerprint density at radius 3 is 2.50 bits per heavy atom. The van der Waals surface area contributed by atoms with Gasteiger partial charge in [0.2, 0.25) is 0 Å². The second-order valence-electron chi connectivity index (χ2n) is 2.13. The Hall–Kier alpha value is -1.22. The number of ether oxygens (including phenoxy) is 1. The van der Waals surface area contributed by atoms with Crippen LogP contribution in [0, 0.1) is 6.92 Å². The van der Waals surface area contributed by atoms with E-state index in [1.54, 1.807) is 25.1 Å². The molecule has 0 aliphatic carbocycles. The third kappa shape index (κ3) is 2.80. The molecule has 4 heteroatoms. The van der Waals surface area contributed by atoms with Gasteiger partial charge in [0.1, 0.15) is 5.75 Å². The summed E-state index contributed by atoms with van der Waals surface area (Å²) in [4.78, 5) is 10.1. The third-order valence-corrected chi connectivity index (χ3v) is 1.29. The summed E-state index contributed by atoms with van der Waals surface area (Å²) in [5.41, 5.74) is 0.815. The maximum atomic E-state index is 10.1. The molecule has 0 atom stereocenters. The van der Waals surface area contributed by atoms with Gasteiger partial charge in [-0.1, -0.05) is 18.2 Å². The molecule has 0 saturated carbocycles. The predicted octanol–water partition coefficient (Wildman–Crippen LogP) is 2.47. The molecule has 0 saturated heterocycles. The Bertz CT molecular complexity index is 273. The Morgan fingerprint density at radius 2 is 2.00 bits per heavy atom. The summed E-state index contributed by atoms with van der Waals surface area (Å²) in [6, 6.07) is 6.96. The van der Waals surface area contributed by atoms with E-state index in [4.69, 9.17) is 5.11 Å². The van der Waals surface area contributed by atoms with Gasteiger partial charge in [0, 0.05) is 0 Å². The van der Waals surface area contributed by atoms with E-state index >= 15 is 0 Å². The van der Waals surface area contributed by atoms with Crippen LogP contribution in [0.15, 0.2) is 24.3 Å². The number of benzene rings is 1. The summed E-state index contributed by atoms with van der Waals surface area (Å²) in [7, 11) is 0. The van der Waals surface area contributed by atoms with Crippen molar-refractivity contribution >= 4 is 18.6 Å². The van der Waals surface area contributed by atoms with Gasteiger partial charge in [0.05, 0.1) is 0 Å². The zero-order valence-electron chi connectivity index (χ0n) is 6.48. The van der Waals surface area contributed by atoms with Crippen LogP contribution in [0.25, 0.3) is 0 Å². The molecule has 0 aliphatic rings. The summed E-state index contributed by atoms with van der Waals surface area (Å²) < 4.78 is 4.46. The standard InChI is InChI=1S/C8H8O3.ClH/c1-6-4-2-3-5-7(6)11-8(9)10;/h2-5H,1H3,(H,9,10);1H. The maximum absolute atomic E-state index is 10.1. The number of halogens is 1. The van der Waals surface area contributed by atoms with E-state index in [2.05, 4.69) is 4.74 Å². The van der Waals surface area contributed by atoms with Crippen LogP contribution < -0.4 is 4.74 Å². The zero-order valence-corrected chi connectivity index (χ0v) is 7.30. The SMILES string of the molecule is Cc1ccccc1OC(=O)O.Cl. The van der Waals surface area contributed by atoms with Crippen molar-refractivity contribution in [2.45, 2.75) is 6.92 Å². The van der Waals surface area contributed by atoms with Crippen LogP contribution >= 0.6 is 12.4 Å². The lowest BCUT2D eigenvalue weighted by Crippen LogP contribution is -2.03. The molecule has 0 aliphatic heterocycles. The van der Waals surface area contributed by atoms with Gasteiger partial charge < -0.3 is 9.84 Å². The Labute approximate surface area is 76.4 Å². The maximum Gasteiger partial charge on any atom is 0.511 e. The van der Waals surface area contributed by atoms with Crippen molar-refractivity contribution in [3.05, 3.63) is 29.8 Å². The molecule has 0 spiro atoms. The molecule has 0 radical (unpaired) electrons. The largest absolute Gasteiger partial charge is 0.511 e. The first kappa shape index (κ1) is 10.8. The second kappa shape index (κ2) is 4.62. The van der Waals surface area contributed by atoms with Gasteiger partial charge in [0.25, 0.3) is 0 Å². The molecule has 66 valence electrons. The Kier molecular flexibility index (Phi) is 4.15. The molecule has 0 bridgehead atoms. The van der Waals surface area contributed by atoms with Crippen LogP contribution in [0.3, 0.4) is 0 Å². The Balaban J connectivity index is 0.00000121. The number of para-hydroxylation sites is 1. The highest BCUT2D eigenvalue weighted by atomic mass is 35.5. The van der Waals surface area contributed by atoms with Crippen molar-refractivity contribution in [1.29, 1.82) is 0 Å². The molecule has 1 aromatic carbocycles. The number of hydrogen-bond acceptors (Lipinski definition) is 2. The average Bonchev–Trinajstić information content (AvgIpc) is 1.93. The average molecular weight is 189 g/mol. The first-order valence-electron chi connectivity index (χ1n) is 3.16. The van der Waals surface area contributed by atoms with E-state index in [0.29, 0.717) is 5.75 Å². The van der Waals surface area contributed by atoms with Gasteiger partial charge in [-0.15, -0.1) is 12.4 Å². The summed E-state index contributed by atoms with van der Waals surface area (Å²) in [6.45, 7) is 1.79. The van der Waals surface area contributed by atoms with Crippen LogP contribution in [0.1, 0.15) is 5.56 Å². The molecule has 1 rings (SSSR count). The van der Waals surface area contributed by atoms with E-state index in [1.807, 2.05) is 6.07 Å². The molecule has 0 amide bonds. The van der Waals surface area contributed by atoms with Crippen LogP contribution in [0.4, 0.5) is 4.79 Å². The van der Waals surface area contributed by atoms with Gasteiger partial charge in [-0.25, -0.2) is 4.79 Å². The van der Waals surface area contributed by atoms with Gasteiger partial charge >= 0.3 is 6.16 Å². The highest BCUT2D eigenvalue weighted by molar-refractivity contribution is 5.85. The summed E-state index contributed by atoms with van der Waals surface area (Å²) in [5.74, 6) is 0.389. The third-order valence-electron chi connectivity index (χ3n) is 1.29. The number of carboxylic acid groups (broad SMARTS) is 1. The van der Waals surface area contributed by atoms with Crippen molar-refractivity contribution in [3.8, 4) is 5.75 Å². The Morgan fingerprint density at radius 1 is 1.42 bits per heavy atom. The quantitative estimate of drug-likeness (QED) is 0.544. The number of rotatable bonds is 1. The van der Waals surface area contributed by atoms with Crippen LogP contribution in [-0.2, 0) is 0 Å². The lowest BCUT2D eigenvalue weighted by atomic mass is 10.2. The number of carbonyl (C=O) groups is 1. The van der Waals surface area contributed by atoms with Crippen molar-refractivity contribution in [2.24, 2.45) is 0 Å². The molecule has 0 unspecified atom stereocenters. The molecule has 0 fully saturated rings. The minimum atomic E-state index is -1.28. The fraction of sp³-hybridized carbons (Fsp3) is 0.125. The van der Waals surface area contributed by atoms with Crippen LogP contribution in [-0.4, -0.2) is 11.3 Å². The van der Waals surface area contributed by atoms with E-state index in [1.165, 1.54) is 0 Å². The summed E-state index contributed by atoms with van der Waals surface area (Å²) in [6.07, 6.45) is -1.28. The summed E-state index contributed by atoms with van der Waals surface area (Å²) >= 11 is 0. The fourth-order valence-corrected chi connectivity index (χ4v) is 0.765. The predicted molar refractivity (Wildman–Crippen MR) is 47.1 cm³/mol. The molecular formula is C8H9ClO3. The van der Waals surface area contributed by atoms with Gasteiger partial charge in [-0.3, -0.25) is 0 Å². The molecule has 0 heterocycles. The molecule has 0 aromatic heterocycles. The lowest BCUT2D eigenvalue weighted by Gasteiger charge is -2.01. The van der Waals surface area contributed by atoms with E-state index in [-0.39, 0.29) is 12.4 Å². The van der Waals surface area contributed by atoms with Crippen LogP contribution in [0.5, 0.6) is 5.75 Å². The van der Waals surface area contributed by atoms with Crippen molar-refractivity contribution < 1.29 is 14.6 Å². The molecule has 1 aromatic rings. The summed E-state index contributed by atoms with van der Waals surface area (Å²) in [5, 5.41) is 8.27. The van der Waals surface area contributed by atoms with Crippen molar-refractivity contribution in [1.82, 2.24) is 0 Å². The first-order valence-corrected chi connectivity index (χ1v) is 3.16. The van der Waals surface area contributed by atoms with Crippen molar-refractivity contribution in [2.75, 3.05) is 0 Å². The van der Waals surface area contributed by atoms with Crippen molar-refractivity contribution in [3.63, 3.8) is 0 Å². The van der Waals surface area contributed by atoms with E-state index in [0.717, 1.165) is 5.56 Å². The lowest BCUT2D eigenvalue weighted by molar-refractivity contribution is 0.144. The zero-order chi connectivity index (χ0) is 8.27. The van der Waals surface area contributed by atoms with E-state index in [9.17, 15) is 4.79 Å². The van der Waals surface area contributed by atoms with Gasteiger partial charge in [-0.2, -0.15) is 0 Å². The van der Waals surface area contributed by atoms with Crippen LogP contribution in [0.2, 0.25) is 0 Å². The minimum Gasteiger partial charge on any atom is -0.449 e. The number of aryl methyl sites for hydroxylation is 1. The number of hydrogen-bond donors (Lipinski definition) is 1. The minimum absolute atomic E-state index is 0. The molecular weight excluding hydrogens is 180 g/mol. The molecule has 1 N–H and O–H groups in total. The molecule has 3 nitrogen and oxygen atoms in total. The molecule has 12 heavy (non-hydrogen) atoms. The second-order valence-corrected chi connectivity index (χ2v) is 2.13. The highest BCUT2D eigenvalue weighted by Crippen LogP contribution is 2.15. The van der Waals surface area contributed by atoms with E-state index < -0.39 is 6.16 Å². The smallest absolute Gasteiger partial charge is 0.449 e. The van der Waals surface area contributed by atoms with Gasteiger partial charge in [0.15, 0.2) is 0 Å². The highest BCUT2D eigenvalue weighted by Gasteiger charge is 2.01. The fourth-order valence-electron chi connectivity index (χ4n) is 0.765. The van der Waals surface area contributed by atoms with Gasteiger partial charge in [-0.05, 0) is 18.6 Å². The normalized spacial score (nSPS) is 8.42. The first-order chi connectivity index (χ1) is 5.20. The monoisotopic (exact) mass is 188 g/mol.